The van der Waals surface area contributed by atoms with Crippen LogP contribution in [0.3, 0.4) is 0 Å². The Morgan fingerprint density at radius 3 is 2.87 bits per heavy atom. The van der Waals surface area contributed by atoms with Gasteiger partial charge in [0.05, 0.1) is 25.0 Å². The number of methoxy groups -OCH3 is 1. The number of amides is 1. The number of carbonyl (C=O) groups excluding carboxylic acids is 1. The lowest BCUT2D eigenvalue weighted by atomic mass is 10.0. The Bertz CT molecular complexity index is 1100. The molecule has 0 unspecified atom stereocenters. The quantitative estimate of drug-likeness (QED) is 0.577. The number of fused-ring (bicyclic) bond motifs is 7. The molecule has 0 saturated carbocycles. The van der Waals surface area contributed by atoms with Crippen LogP contribution < -0.4 is 20.5 Å². The van der Waals surface area contributed by atoms with Crippen LogP contribution in [0.4, 0.5) is 5.95 Å². The van der Waals surface area contributed by atoms with Crippen LogP contribution in [0.1, 0.15) is 22.3 Å². The molecule has 2 aromatic carbocycles. The van der Waals surface area contributed by atoms with Crippen LogP contribution in [0.2, 0.25) is 0 Å². The van der Waals surface area contributed by atoms with Gasteiger partial charge in [-0.1, -0.05) is 17.8 Å². The SMILES string of the molecule is COc1cc(C)c2cc1C(=O)NCCCOc1cccc(c1)Sc1cc-2nc(N)n1. The van der Waals surface area contributed by atoms with E-state index in [0.29, 0.717) is 41.6 Å². The fraction of sp³-hybridized carbons (Fsp3) is 0.227. The molecule has 1 aliphatic heterocycles. The Balaban J connectivity index is 1.84. The van der Waals surface area contributed by atoms with Crippen LogP contribution in [0, 0.1) is 6.92 Å². The van der Waals surface area contributed by atoms with E-state index in [2.05, 4.69) is 15.3 Å². The summed E-state index contributed by atoms with van der Waals surface area (Å²) in [5, 5.41) is 3.64. The molecule has 30 heavy (non-hydrogen) atoms. The summed E-state index contributed by atoms with van der Waals surface area (Å²) >= 11 is 1.48. The van der Waals surface area contributed by atoms with E-state index in [0.717, 1.165) is 21.8 Å². The number of aryl methyl sites for hydroxylation is 1. The van der Waals surface area contributed by atoms with Gasteiger partial charge in [-0.25, -0.2) is 9.97 Å². The molecule has 2 heterocycles. The van der Waals surface area contributed by atoms with Gasteiger partial charge in [-0.15, -0.1) is 0 Å². The molecule has 6 bridgehead atoms. The first-order valence-corrected chi connectivity index (χ1v) is 10.4. The van der Waals surface area contributed by atoms with E-state index in [-0.39, 0.29) is 11.9 Å². The van der Waals surface area contributed by atoms with Crippen LogP contribution in [0.5, 0.6) is 11.5 Å². The number of rotatable bonds is 1. The van der Waals surface area contributed by atoms with E-state index in [9.17, 15) is 4.79 Å². The third-order valence-electron chi connectivity index (χ3n) is 4.69. The van der Waals surface area contributed by atoms with Crippen molar-refractivity contribution in [3.63, 3.8) is 0 Å². The lowest BCUT2D eigenvalue weighted by Crippen LogP contribution is -2.26. The number of nitrogen functional groups attached to an aromatic ring is 1. The van der Waals surface area contributed by atoms with Gasteiger partial charge in [0.2, 0.25) is 5.95 Å². The number of nitrogens with zero attached hydrogens (tertiary/aromatic N) is 2. The maximum Gasteiger partial charge on any atom is 0.255 e. The minimum absolute atomic E-state index is 0.171. The Morgan fingerprint density at radius 1 is 1.17 bits per heavy atom. The molecule has 3 aromatic rings. The third-order valence-corrected chi connectivity index (χ3v) is 5.60. The molecule has 1 aromatic heterocycles. The zero-order valence-corrected chi connectivity index (χ0v) is 17.6. The second-order valence-corrected chi connectivity index (χ2v) is 7.95. The standard InChI is InChI=1S/C22H22N4O3S/c1-13-9-19(28-2)17-11-16(13)18-12-20(26-22(23)25-18)30-15-6-3-5-14(10-15)29-8-4-7-24-21(17)27/h3,5-6,9-12H,4,7-8H2,1-2H3,(H,24,27)(H2,23,25,26). The van der Waals surface area contributed by atoms with Gasteiger partial charge in [0.15, 0.2) is 0 Å². The van der Waals surface area contributed by atoms with Gasteiger partial charge in [0, 0.05) is 17.0 Å². The van der Waals surface area contributed by atoms with E-state index in [1.807, 2.05) is 43.3 Å². The molecule has 1 amide bonds. The average Bonchev–Trinajstić information content (AvgIpc) is 2.72. The van der Waals surface area contributed by atoms with Crippen molar-refractivity contribution in [1.82, 2.24) is 15.3 Å². The van der Waals surface area contributed by atoms with Crippen molar-refractivity contribution in [2.24, 2.45) is 0 Å². The van der Waals surface area contributed by atoms with E-state index in [1.165, 1.54) is 11.8 Å². The predicted molar refractivity (Wildman–Crippen MR) is 116 cm³/mol. The van der Waals surface area contributed by atoms with E-state index in [4.69, 9.17) is 15.2 Å². The molecule has 0 fully saturated rings. The molecule has 154 valence electrons. The van der Waals surface area contributed by atoms with Gasteiger partial charge in [0.25, 0.3) is 5.91 Å². The van der Waals surface area contributed by atoms with Gasteiger partial charge in [-0.05, 0) is 55.3 Å². The number of carbonyl (C=O) groups is 1. The number of benzene rings is 2. The van der Waals surface area contributed by atoms with Crippen molar-refractivity contribution < 1.29 is 14.3 Å². The first-order chi connectivity index (χ1) is 14.5. The number of anilines is 1. The lowest BCUT2D eigenvalue weighted by Gasteiger charge is -2.15. The molecule has 3 N–H and O–H groups in total. The average molecular weight is 423 g/mol. The van der Waals surface area contributed by atoms with Crippen molar-refractivity contribution >= 4 is 23.6 Å². The Hall–Kier alpha value is -3.26. The number of ether oxygens (including phenoxy) is 2. The Morgan fingerprint density at radius 2 is 2.03 bits per heavy atom. The van der Waals surface area contributed by atoms with Gasteiger partial charge in [-0.2, -0.15) is 0 Å². The molecule has 0 spiro atoms. The van der Waals surface area contributed by atoms with Crippen molar-refractivity contribution in [3.8, 4) is 22.8 Å². The molecule has 4 rings (SSSR count). The van der Waals surface area contributed by atoms with Crippen molar-refractivity contribution in [2.75, 3.05) is 26.0 Å². The summed E-state index contributed by atoms with van der Waals surface area (Å²) in [6.45, 7) is 2.93. The van der Waals surface area contributed by atoms with Gasteiger partial charge in [0.1, 0.15) is 16.5 Å². The van der Waals surface area contributed by atoms with Gasteiger partial charge in [-0.3, -0.25) is 4.79 Å². The first kappa shape index (κ1) is 20.0. The van der Waals surface area contributed by atoms with Crippen LogP contribution in [0.15, 0.2) is 52.4 Å². The molecule has 7 nitrogen and oxygen atoms in total. The van der Waals surface area contributed by atoms with Crippen molar-refractivity contribution in [1.29, 1.82) is 0 Å². The topological polar surface area (TPSA) is 99.4 Å². The summed E-state index contributed by atoms with van der Waals surface area (Å²) in [5.41, 5.74) is 8.83. The lowest BCUT2D eigenvalue weighted by molar-refractivity contribution is 0.0948. The fourth-order valence-corrected chi connectivity index (χ4v) is 4.12. The van der Waals surface area contributed by atoms with Gasteiger partial charge < -0.3 is 20.5 Å². The summed E-state index contributed by atoms with van der Waals surface area (Å²) in [4.78, 5) is 22.6. The Kier molecular flexibility index (Phi) is 5.76. The van der Waals surface area contributed by atoms with E-state index >= 15 is 0 Å². The number of nitrogens with one attached hydrogen (secondary N) is 1. The largest absolute Gasteiger partial charge is 0.496 e. The van der Waals surface area contributed by atoms with Crippen LogP contribution in [-0.2, 0) is 0 Å². The van der Waals surface area contributed by atoms with Gasteiger partial charge >= 0.3 is 0 Å². The van der Waals surface area contributed by atoms with Crippen molar-refractivity contribution in [3.05, 3.63) is 53.6 Å². The summed E-state index contributed by atoms with van der Waals surface area (Å²) in [6, 6.07) is 13.3. The number of hydrogen-bond acceptors (Lipinski definition) is 7. The maximum absolute atomic E-state index is 12.8. The second-order valence-electron chi connectivity index (χ2n) is 6.85. The highest BCUT2D eigenvalue weighted by Gasteiger charge is 2.18. The summed E-state index contributed by atoms with van der Waals surface area (Å²) in [5.74, 6) is 1.24. The minimum atomic E-state index is -0.209. The van der Waals surface area contributed by atoms with E-state index in [1.54, 1.807) is 13.2 Å². The van der Waals surface area contributed by atoms with Crippen LogP contribution in [-0.4, -0.2) is 36.1 Å². The normalized spacial score (nSPS) is 13.9. The minimum Gasteiger partial charge on any atom is -0.496 e. The number of aromatic nitrogens is 2. The third kappa shape index (κ3) is 4.33. The highest BCUT2D eigenvalue weighted by molar-refractivity contribution is 7.99. The Labute approximate surface area is 179 Å². The molecular weight excluding hydrogens is 400 g/mol. The monoisotopic (exact) mass is 422 g/mol. The molecular formula is C22H22N4O3S. The molecule has 0 radical (unpaired) electrons. The molecule has 8 heteroatoms. The highest BCUT2D eigenvalue weighted by atomic mass is 32.2. The predicted octanol–water partition coefficient (Wildman–Crippen LogP) is 3.71. The van der Waals surface area contributed by atoms with Crippen LogP contribution in [0.25, 0.3) is 11.3 Å². The molecule has 0 saturated heterocycles. The van der Waals surface area contributed by atoms with E-state index < -0.39 is 0 Å². The number of hydrogen-bond donors (Lipinski definition) is 2. The number of nitrogens with two attached hydrogens (primary N) is 1. The van der Waals surface area contributed by atoms with Crippen molar-refractivity contribution in [2.45, 2.75) is 23.3 Å². The first-order valence-electron chi connectivity index (χ1n) is 9.56. The molecule has 0 aliphatic carbocycles. The zero-order chi connectivity index (χ0) is 21.1. The maximum atomic E-state index is 12.8. The molecule has 1 aliphatic rings. The summed E-state index contributed by atoms with van der Waals surface area (Å²) in [6.07, 6.45) is 0.683. The summed E-state index contributed by atoms with van der Waals surface area (Å²) < 4.78 is 11.3. The van der Waals surface area contributed by atoms with Crippen LogP contribution >= 0.6 is 11.8 Å². The highest BCUT2D eigenvalue weighted by Crippen LogP contribution is 2.34. The zero-order valence-electron chi connectivity index (χ0n) is 16.8. The second kappa shape index (κ2) is 8.62. The molecule has 0 atom stereocenters. The summed E-state index contributed by atoms with van der Waals surface area (Å²) in [7, 11) is 1.55. The fourth-order valence-electron chi connectivity index (χ4n) is 3.24. The smallest absolute Gasteiger partial charge is 0.255 e.